The van der Waals surface area contributed by atoms with E-state index in [0.717, 1.165) is 34.5 Å². The number of nitrogens with two attached hydrogens (primary N) is 1. The number of rotatable bonds is 3. The summed E-state index contributed by atoms with van der Waals surface area (Å²) in [5.41, 5.74) is 5.52. The van der Waals surface area contributed by atoms with Crippen LogP contribution in [0.1, 0.15) is 12.6 Å². The number of methoxy groups -OCH3 is 1. The zero-order valence-corrected chi connectivity index (χ0v) is 9.45. The topological polar surface area (TPSA) is 60.2 Å². The fourth-order valence-electron chi connectivity index (χ4n) is 1.69. The second-order valence-corrected chi connectivity index (χ2v) is 3.54. The van der Waals surface area contributed by atoms with Crippen LogP contribution in [0.2, 0.25) is 0 Å². The van der Waals surface area contributed by atoms with Gasteiger partial charge in [0.25, 0.3) is 0 Å². The van der Waals surface area contributed by atoms with Gasteiger partial charge in [-0.3, -0.25) is 10.8 Å². The number of aryl methyl sites for hydroxylation is 1. The van der Waals surface area contributed by atoms with Crippen molar-refractivity contribution in [1.29, 1.82) is 0 Å². The summed E-state index contributed by atoms with van der Waals surface area (Å²) in [4.78, 5) is 4.53. The molecule has 2 aromatic rings. The van der Waals surface area contributed by atoms with Crippen LogP contribution in [0.4, 0.5) is 5.69 Å². The van der Waals surface area contributed by atoms with Crippen LogP contribution >= 0.6 is 0 Å². The third-order valence-corrected chi connectivity index (χ3v) is 2.59. The van der Waals surface area contributed by atoms with Crippen molar-refractivity contribution < 1.29 is 4.74 Å². The van der Waals surface area contributed by atoms with Gasteiger partial charge in [0, 0.05) is 11.1 Å². The van der Waals surface area contributed by atoms with Crippen molar-refractivity contribution in [2.75, 3.05) is 12.5 Å². The molecule has 0 unspecified atom stereocenters. The molecule has 0 saturated carbocycles. The Hall–Kier alpha value is -1.81. The first-order chi connectivity index (χ1) is 7.78. The summed E-state index contributed by atoms with van der Waals surface area (Å²) >= 11 is 0. The maximum Gasteiger partial charge on any atom is 0.119 e. The minimum atomic E-state index is 0.801. The van der Waals surface area contributed by atoms with E-state index in [0.29, 0.717) is 0 Å². The van der Waals surface area contributed by atoms with Crippen molar-refractivity contribution in [3.05, 3.63) is 30.0 Å². The number of aromatic nitrogens is 1. The van der Waals surface area contributed by atoms with Gasteiger partial charge in [-0.1, -0.05) is 6.92 Å². The maximum absolute atomic E-state index is 5.51. The van der Waals surface area contributed by atoms with Gasteiger partial charge in [-0.2, -0.15) is 0 Å². The third-order valence-electron chi connectivity index (χ3n) is 2.59. The highest BCUT2D eigenvalue weighted by Crippen LogP contribution is 2.26. The van der Waals surface area contributed by atoms with Crippen LogP contribution in [-0.2, 0) is 6.42 Å². The number of ether oxygens (including phenoxy) is 1. The molecule has 1 heterocycles. The van der Waals surface area contributed by atoms with E-state index in [1.54, 1.807) is 7.11 Å². The Labute approximate surface area is 94.4 Å². The maximum atomic E-state index is 5.51. The summed E-state index contributed by atoms with van der Waals surface area (Å²) in [6.45, 7) is 2.07. The van der Waals surface area contributed by atoms with Gasteiger partial charge in [0.15, 0.2) is 0 Å². The second kappa shape index (κ2) is 4.37. The van der Waals surface area contributed by atoms with Crippen LogP contribution in [-0.4, -0.2) is 12.1 Å². The van der Waals surface area contributed by atoms with Crippen molar-refractivity contribution in [1.82, 2.24) is 4.98 Å². The highest BCUT2D eigenvalue weighted by Gasteiger charge is 2.05. The summed E-state index contributed by atoms with van der Waals surface area (Å²) in [7, 11) is 1.64. The van der Waals surface area contributed by atoms with Crippen LogP contribution in [0.5, 0.6) is 5.75 Å². The number of hydrogen-bond donors (Lipinski definition) is 2. The zero-order valence-electron chi connectivity index (χ0n) is 9.45. The Morgan fingerprint density at radius 1 is 1.38 bits per heavy atom. The van der Waals surface area contributed by atoms with Crippen LogP contribution in [0.3, 0.4) is 0 Å². The van der Waals surface area contributed by atoms with Gasteiger partial charge in [-0.05, 0) is 30.7 Å². The molecule has 4 nitrogen and oxygen atoms in total. The third kappa shape index (κ3) is 1.79. The van der Waals surface area contributed by atoms with Crippen molar-refractivity contribution in [3.63, 3.8) is 0 Å². The lowest BCUT2D eigenvalue weighted by Gasteiger charge is -2.09. The number of hydrogen-bond acceptors (Lipinski definition) is 4. The first kappa shape index (κ1) is 10.7. The van der Waals surface area contributed by atoms with Crippen molar-refractivity contribution >= 4 is 16.6 Å². The number of fused-ring (bicyclic) bond motifs is 1. The van der Waals surface area contributed by atoms with E-state index in [9.17, 15) is 0 Å². The first-order valence-electron chi connectivity index (χ1n) is 5.22. The number of nitrogens with one attached hydrogen (secondary N) is 1. The minimum Gasteiger partial charge on any atom is -0.497 e. The number of anilines is 1. The highest BCUT2D eigenvalue weighted by atomic mass is 16.5. The molecule has 0 aliphatic rings. The fraction of sp³-hybridized carbons (Fsp3) is 0.250. The summed E-state index contributed by atoms with van der Waals surface area (Å²) in [5.74, 6) is 6.31. The van der Waals surface area contributed by atoms with Crippen LogP contribution in [0, 0.1) is 0 Å². The molecule has 0 spiro atoms. The molecular formula is C12H15N3O. The smallest absolute Gasteiger partial charge is 0.119 e. The molecular weight excluding hydrogens is 202 g/mol. The van der Waals surface area contributed by atoms with Crippen LogP contribution < -0.4 is 16.0 Å². The Balaban J connectivity index is 2.69. The summed E-state index contributed by atoms with van der Waals surface area (Å²) in [6.07, 6.45) is 0.886. The Bertz CT molecular complexity index is 511. The average Bonchev–Trinajstić information content (AvgIpc) is 2.36. The zero-order chi connectivity index (χ0) is 11.5. The molecule has 0 bridgehead atoms. The van der Waals surface area contributed by atoms with Gasteiger partial charge in [0.05, 0.1) is 18.3 Å². The molecule has 1 aromatic carbocycles. The molecule has 4 heteroatoms. The van der Waals surface area contributed by atoms with Gasteiger partial charge >= 0.3 is 0 Å². The number of pyridine rings is 1. The van der Waals surface area contributed by atoms with E-state index >= 15 is 0 Å². The van der Waals surface area contributed by atoms with Gasteiger partial charge in [-0.25, -0.2) is 0 Å². The number of nitrogens with zero attached hydrogens (tertiary/aromatic N) is 1. The minimum absolute atomic E-state index is 0.801. The van der Waals surface area contributed by atoms with Gasteiger partial charge in [-0.15, -0.1) is 0 Å². The lowest BCUT2D eigenvalue weighted by molar-refractivity contribution is 0.415. The lowest BCUT2D eigenvalue weighted by atomic mass is 10.1. The average molecular weight is 217 g/mol. The molecule has 0 amide bonds. The number of benzene rings is 1. The Kier molecular flexibility index (Phi) is 2.92. The van der Waals surface area contributed by atoms with Crippen LogP contribution in [0.25, 0.3) is 10.9 Å². The van der Waals surface area contributed by atoms with E-state index in [1.165, 1.54) is 0 Å². The number of nitrogen functional groups attached to an aromatic ring is 1. The first-order valence-corrected chi connectivity index (χ1v) is 5.22. The highest BCUT2D eigenvalue weighted by molar-refractivity contribution is 5.92. The van der Waals surface area contributed by atoms with Crippen molar-refractivity contribution in [3.8, 4) is 5.75 Å². The molecule has 84 valence electrons. The summed E-state index contributed by atoms with van der Waals surface area (Å²) in [6, 6.07) is 7.72. The van der Waals surface area contributed by atoms with Crippen molar-refractivity contribution in [2.24, 2.45) is 5.84 Å². The van der Waals surface area contributed by atoms with E-state index < -0.39 is 0 Å². The molecule has 16 heavy (non-hydrogen) atoms. The van der Waals surface area contributed by atoms with E-state index in [2.05, 4.69) is 17.3 Å². The predicted octanol–water partition coefficient (Wildman–Crippen LogP) is 2.09. The second-order valence-electron chi connectivity index (χ2n) is 3.54. The molecule has 0 saturated heterocycles. The summed E-state index contributed by atoms with van der Waals surface area (Å²) < 4.78 is 5.18. The molecule has 0 radical (unpaired) electrons. The molecule has 3 N–H and O–H groups in total. The van der Waals surface area contributed by atoms with E-state index in [1.807, 2.05) is 24.3 Å². The Morgan fingerprint density at radius 3 is 2.81 bits per heavy atom. The molecule has 0 fully saturated rings. The van der Waals surface area contributed by atoms with E-state index in [4.69, 9.17) is 10.6 Å². The summed E-state index contributed by atoms with van der Waals surface area (Å²) in [5, 5.41) is 0.971. The van der Waals surface area contributed by atoms with Gasteiger partial charge in [0.2, 0.25) is 0 Å². The Morgan fingerprint density at radius 2 is 2.19 bits per heavy atom. The lowest BCUT2D eigenvalue weighted by Crippen LogP contribution is -2.08. The molecule has 2 rings (SSSR count). The molecule has 1 aromatic heterocycles. The number of hydrazine groups is 1. The van der Waals surface area contributed by atoms with Crippen LogP contribution in [0.15, 0.2) is 24.3 Å². The fourth-order valence-corrected chi connectivity index (χ4v) is 1.69. The standard InChI is InChI=1S/C12H15N3O/c1-3-8-6-12(15-13)10-7-9(16-2)4-5-11(10)14-8/h4-7H,3,13H2,1-2H3,(H,14,15). The predicted molar refractivity (Wildman–Crippen MR) is 65.5 cm³/mol. The molecule has 0 aliphatic carbocycles. The molecule has 0 atom stereocenters. The van der Waals surface area contributed by atoms with Gasteiger partial charge in [0.1, 0.15) is 5.75 Å². The normalized spacial score (nSPS) is 10.4. The van der Waals surface area contributed by atoms with Crippen molar-refractivity contribution in [2.45, 2.75) is 13.3 Å². The monoisotopic (exact) mass is 217 g/mol. The quantitative estimate of drug-likeness (QED) is 0.610. The largest absolute Gasteiger partial charge is 0.497 e. The van der Waals surface area contributed by atoms with E-state index in [-0.39, 0.29) is 0 Å². The van der Waals surface area contributed by atoms with Gasteiger partial charge < -0.3 is 10.2 Å². The SMILES string of the molecule is CCc1cc(NN)c2cc(OC)ccc2n1. The molecule has 0 aliphatic heterocycles.